The van der Waals surface area contributed by atoms with Crippen molar-refractivity contribution in [3.63, 3.8) is 0 Å². The van der Waals surface area contributed by atoms with Crippen LogP contribution in [0.1, 0.15) is 25.3 Å². The molecule has 0 spiro atoms. The number of hydrogen-bond donors (Lipinski definition) is 2. The molecule has 0 saturated heterocycles. The predicted octanol–water partition coefficient (Wildman–Crippen LogP) is 3.33. The van der Waals surface area contributed by atoms with E-state index in [0.29, 0.717) is 11.6 Å². The molecule has 1 aromatic carbocycles. The quantitative estimate of drug-likeness (QED) is 0.631. The zero-order chi connectivity index (χ0) is 15.6. The van der Waals surface area contributed by atoms with E-state index in [0.717, 1.165) is 21.6 Å². The largest absolute Gasteiger partial charge is 0.394 e. The van der Waals surface area contributed by atoms with Crippen LogP contribution in [0.25, 0.3) is 10.2 Å². The van der Waals surface area contributed by atoms with Gasteiger partial charge in [0.15, 0.2) is 0 Å². The number of aliphatic hydroxyl groups is 1. The Morgan fingerprint density at radius 2 is 2.19 bits per heavy atom. The number of nitrogens with zero attached hydrogens (tertiary/aromatic N) is 2. The fourth-order valence-corrected chi connectivity index (χ4v) is 3.16. The Labute approximate surface area is 127 Å². The van der Waals surface area contributed by atoms with Crippen molar-refractivity contribution in [2.45, 2.75) is 33.2 Å². The molecule has 21 heavy (non-hydrogen) atoms. The molecule has 0 radical (unpaired) electrons. The average Bonchev–Trinajstić information content (AvgIpc) is 2.75. The van der Waals surface area contributed by atoms with E-state index in [2.05, 4.69) is 10.3 Å². The van der Waals surface area contributed by atoms with Crippen molar-refractivity contribution >= 4 is 32.9 Å². The molecule has 0 fully saturated rings. The van der Waals surface area contributed by atoms with E-state index in [4.69, 9.17) is 0 Å². The van der Waals surface area contributed by atoms with E-state index in [1.807, 2.05) is 20.8 Å². The van der Waals surface area contributed by atoms with Crippen molar-refractivity contribution in [2.24, 2.45) is 5.92 Å². The van der Waals surface area contributed by atoms with Gasteiger partial charge in [-0.3, -0.25) is 10.1 Å². The zero-order valence-electron chi connectivity index (χ0n) is 12.3. The molecule has 0 saturated carbocycles. The second kappa shape index (κ2) is 6.36. The number of hydrogen-bond acceptors (Lipinski definition) is 6. The SMILES string of the molecule is Cc1nc2cc(NC(CO)CC(C)C)c([N+](=O)[O-])cc2s1. The van der Waals surface area contributed by atoms with Gasteiger partial charge in [0, 0.05) is 12.1 Å². The van der Waals surface area contributed by atoms with Crippen molar-refractivity contribution in [1.82, 2.24) is 4.98 Å². The molecular formula is C14H19N3O3S. The van der Waals surface area contributed by atoms with E-state index in [-0.39, 0.29) is 18.3 Å². The third kappa shape index (κ3) is 3.68. The van der Waals surface area contributed by atoms with Crippen LogP contribution in [0.5, 0.6) is 0 Å². The molecule has 2 rings (SSSR count). The molecule has 1 atom stereocenters. The number of rotatable bonds is 6. The predicted molar refractivity (Wildman–Crippen MR) is 85.0 cm³/mol. The maximum atomic E-state index is 11.3. The van der Waals surface area contributed by atoms with Gasteiger partial charge in [0.1, 0.15) is 5.69 Å². The molecule has 0 aliphatic carbocycles. The molecule has 1 unspecified atom stereocenters. The molecule has 114 valence electrons. The lowest BCUT2D eigenvalue weighted by Gasteiger charge is -2.19. The maximum absolute atomic E-state index is 11.3. The number of nitro benzene ring substituents is 1. The van der Waals surface area contributed by atoms with Crippen LogP contribution in [0.4, 0.5) is 11.4 Å². The molecule has 1 aromatic heterocycles. The number of nitrogens with one attached hydrogen (secondary N) is 1. The first kappa shape index (κ1) is 15.7. The molecule has 7 heteroatoms. The smallest absolute Gasteiger partial charge is 0.293 e. The average molecular weight is 309 g/mol. The summed E-state index contributed by atoms with van der Waals surface area (Å²) in [4.78, 5) is 15.2. The van der Waals surface area contributed by atoms with E-state index in [1.165, 1.54) is 11.3 Å². The Balaban J connectivity index is 2.40. The van der Waals surface area contributed by atoms with Gasteiger partial charge in [-0.05, 0) is 25.3 Å². The van der Waals surface area contributed by atoms with Crippen LogP contribution in [0.2, 0.25) is 0 Å². The van der Waals surface area contributed by atoms with Crippen LogP contribution >= 0.6 is 11.3 Å². The normalized spacial score (nSPS) is 12.8. The van der Waals surface area contributed by atoms with Crippen molar-refractivity contribution in [2.75, 3.05) is 11.9 Å². The van der Waals surface area contributed by atoms with Crippen LogP contribution in [0.3, 0.4) is 0 Å². The van der Waals surface area contributed by atoms with Gasteiger partial charge in [-0.1, -0.05) is 13.8 Å². The molecule has 2 aromatic rings. The molecule has 0 aliphatic heterocycles. The zero-order valence-corrected chi connectivity index (χ0v) is 13.1. The molecule has 0 bridgehead atoms. The van der Waals surface area contributed by atoms with Gasteiger partial charge < -0.3 is 10.4 Å². The van der Waals surface area contributed by atoms with Gasteiger partial charge in [0.05, 0.1) is 26.8 Å². The highest BCUT2D eigenvalue weighted by Gasteiger charge is 2.20. The third-order valence-corrected chi connectivity index (χ3v) is 4.08. The minimum atomic E-state index is -0.402. The Morgan fingerprint density at radius 1 is 1.48 bits per heavy atom. The minimum Gasteiger partial charge on any atom is -0.394 e. The highest BCUT2D eigenvalue weighted by atomic mass is 32.1. The number of fused-ring (bicyclic) bond motifs is 1. The Kier molecular flexibility index (Phi) is 4.74. The van der Waals surface area contributed by atoms with Gasteiger partial charge in [-0.15, -0.1) is 11.3 Å². The van der Waals surface area contributed by atoms with Crippen LogP contribution in [-0.2, 0) is 0 Å². The summed E-state index contributed by atoms with van der Waals surface area (Å²) in [6.45, 7) is 5.90. The van der Waals surface area contributed by atoms with Gasteiger partial charge in [0.2, 0.25) is 0 Å². The lowest BCUT2D eigenvalue weighted by atomic mass is 10.0. The monoisotopic (exact) mass is 309 g/mol. The highest BCUT2D eigenvalue weighted by molar-refractivity contribution is 7.18. The van der Waals surface area contributed by atoms with Crippen LogP contribution < -0.4 is 5.32 Å². The number of anilines is 1. The Bertz CT molecular complexity index is 654. The maximum Gasteiger partial charge on any atom is 0.293 e. The summed E-state index contributed by atoms with van der Waals surface area (Å²) in [6, 6.07) is 3.03. The number of nitro groups is 1. The lowest BCUT2D eigenvalue weighted by Crippen LogP contribution is -2.26. The fraction of sp³-hybridized carbons (Fsp3) is 0.500. The number of aromatic nitrogens is 1. The molecule has 0 aliphatic rings. The van der Waals surface area contributed by atoms with Gasteiger partial charge in [0.25, 0.3) is 5.69 Å². The summed E-state index contributed by atoms with van der Waals surface area (Å²) in [5.41, 5.74) is 1.18. The highest BCUT2D eigenvalue weighted by Crippen LogP contribution is 2.33. The standard InChI is InChI=1S/C14H19N3O3S/c1-8(2)4-10(7-18)16-11-5-12-14(21-9(3)15-12)6-13(11)17(19)20/h5-6,8,10,16,18H,4,7H2,1-3H3. The second-order valence-electron chi connectivity index (χ2n) is 5.48. The first-order valence-corrected chi connectivity index (χ1v) is 7.65. The molecular weight excluding hydrogens is 290 g/mol. The van der Waals surface area contributed by atoms with E-state index >= 15 is 0 Å². The minimum absolute atomic E-state index is 0.0216. The van der Waals surface area contributed by atoms with Crippen LogP contribution in [-0.4, -0.2) is 27.7 Å². The van der Waals surface area contributed by atoms with Gasteiger partial charge >= 0.3 is 0 Å². The van der Waals surface area contributed by atoms with Gasteiger partial charge in [-0.2, -0.15) is 0 Å². The summed E-state index contributed by atoms with van der Waals surface area (Å²) in [5, 5.41) is 24.6. The molecule has 0 amide bonds. The van der Waals surface area contributed by atoms with Crippen LogP contribution in [0.15, 0.2) is 12.1 Å². The van der Waals surface area contributed by atoms with E-state index in [1.54, 1.807) is 12.1 Å². The topological polar surface area (TPSA) is 88.3 Å². The Hall–Kier alpha value is -1.73. The van der Waals surface area contributed by atoms with Crippen LogP contribution in [0, 0.1) is 23.0 Å². The van der Waals surface area contributed by atoms with E-state index < -0.39 is 4.92 Å². The summed E-state index contributed by atoms with van der Waals surface area (Å²) < 4.78 is 0.800. The number of aryl methyl sites for hydroxylation is 1. The summed E-state index contributed by atoms with van der Waals surface area (Å²) in [7, 11) is 0. The van der Waals surface area contributed by atoms with Gasteiger partial charge in [-0.25, -0.2) is 4.98 Å². The molecule has 6 nitrogen and oxygen atoms in total. The number of aliphatic hydroxyl groups excluding tert-OH is 1. The summed E-state index contributed by atoms with van der Waals surface area (Å²) in [6.07, 6.45) is 0.738. The third-order valence-electron chi connectivity index (χ3n) is 3.15. The van der Waals surface area contributed by atoms with Crippen molar-refractivity contribution in [3.8, 4) is 0 Å². The summed E-state index contributed by atoms with van der Waals surface area (Å²) in [5.74, 6) is 0.388. The lowest BCUT2D eigenvalue weighted by molar-refractivity contribution is -0.383. The number of benzene rings is 1. The molecule has 2 N–H and O–H groups in total. The Morgan fingerprint density at radius 3 is 2.76 bits per heavy atom. The van der Waals surface area contributed by atoms with E-state index in [9.17, 15) is 15.2 Å². The fourth-order valence-electron chi connectivity index (χ4n) is 2.31. The van der Waals surface area contributed by atoms with Crippen molar-refractivity contribution in [1.29, 1.82) is 0 Å². The summed E-state index contributed by atoms with van der Waals surface area (Å²) >= 11 is 1.43. The van der Waals surface area contributed by atoms with Crippen molar-refractivity contribution < 1.29 is 10.0 Å². The first-order chi connectivity index (χ1) is 9.90. The number of thiazole rings is 1. The molecule has 1 heterocycles. The second-order valence-corrected chi connectivity index (χ2v) is 6.72. The first-order valence-electron chi connectivity index (χ1n) is 6.83. The van der Waals surface area contributed by atoms with Crippen molar-refractivity contribution in [3.05, 3.63) is 27.3 Å².